The molecule has 1 saturated carbocycles. The summed E-state index contributed by atoms with van der Waals surface area (Å²) in [6.45, 7) is 13.6. The molecule has 1 saturated heterocycles. The maximum atomic E-state index is 13.0. The summed E-state index contributed by atoms with van der Waals surface area (Å²) in [4.78, 5) is 13.0. The molecule has 1 aromatic heterocycles. The Kier molecular flexibility index (Phi) is 4.73. The monoisotopic (exact) mass is 396 g/mol. The standard InChI is InChI=1S/C23H32N4O2/c1-14-17(22(2,3)4)26-27(15-10-8-7-9-11-15)20(14)25-21(28)24-18-16-12-13-29-19(16)23(18,5)6/h7-11,16,18-19H,12-13H2,1-6H3,(H2,24,25,28)/t16-,18-,19-/m1/s1. The predicted molar refractivity (Wildman–Crippen MR) is 115 cm³/mol. The summed E-state index contributed by atoms with van der Waals surface area (Å²) >= 11 is 0. The number of hydrogen-bond donors (Lipinski definition) is 2. The lowest BCUT2D eigenvalue weighted by Gasteiger charge is -2.54. The summed E-state index contributed by atoms with van der Waals surface area (Å²) in [7, 11) is 0. The molecule has 6 heteroatoms. The van der Waals surface area contributed by atoms with E-state index in [9.17, 15) is 4.79 Å². The molecule has 0 bridgehead atoms. The van der Waals surface area contributed by atoms with Gasteiger partial charge in [-0.1, -0.05) is 52.8 Å². The second-order valence-electron chi connectivity index (χ2n) is 9.96. The van der Waals surface area contributed by atoms with Crippen molar-refractivity contribution < 1.29 is 9.53 Å². The molecule has 2 aliphatic rings. The third-order valence-electron chi connectivity index (χ3n) is 6.45. The quantitative estimate of drug-likeness (QED) is 0.807. The fraction of sp³-hybridized carbons (Fsp3) is 0.565. The highest BCUT2D eigenvalue weighted by atomic mass is 16.5. The first-order valence-corrected chi connectivity index (χ1v) is 10.5. The number of carbonyl (C=O) groups excluding carboxylic acids is 1. The smallest absolute Gasteiger partial charge is 0.320 e. The van der Waals surface area contributed by atoms with Crippen molar-refractivity contribution in [1.29, 1.82) is 0 Å². The van der Waals surface area contributed by atoms with E-state index in [0.29, 0.717) is 5.92 Å². The summed E-state index contributed by atoms with van der Waals surface area (Å²) in [5, 5.41) is 11.2. The zero-order valence-corrected chi connectivity index (χ0v) is 18.2. The van der Waals surface area contributed by atoms with Crippen LogP contribution >= 0.6 is 0 Å². The molecule has 4 rings (SSSR count). The molecule has 1 aliphatic carbocycles. The van der Waals surface area contributed by atoms with Crippen molar-refractivity contribution in [1.82, 2.24) is 15.1 Å². The second-order valence-corrected chi connectivity index (χ2v) is 9.96. The number of urea groups is 1. The van der Waals surface area contributed by atoms with Crippen molar-refractivity contribution >= 4 is 11.8 Å². The number of fused-ring (bicyclic) bond motifs is 1. The van der Waals surface area contributed by atoms with Crippen LogP contribution in [0.2, 0.25) is 0 Å². The first-order chi connectivity index (χ1) is 13.6. The maximum Gasteiger partial charge on any atom is 0.320 e. The summed E-state index contributed by atoms with van der Waals surface area (Å²) in [6.07, 6.45) is 1.26. The van der Waals surface area contributed by atoms with Gasteiger partial charge in [-0.15, -0.1) is 0 Å². The summed E-state index contributed by atoms with van der Waals surface area (Å²) in [6, 6.07) is 9.85. The van der Waals surface area contributed by atoms with Crippen LogP contribution < -0.4 is 10.6 Å². The summed E-state index contributed by atoms with van der Waals surface area (Å²) in [5.41, 5.74) is 2.72. The minimum atomic E-state index is -0.186. The Bertz CT molecular complexity index is 911. The first-order valence-electron chi connectivity index (χ1n) is 10.5. The van der Waals surface area contributed by atoms with E-state index in [2.05, 4.69) is 45.3 Å². The molecule has 3 atom stereocenters. The second kappa shape index (κ2) is 6.87. The van der Waals surface area contributed by atoms with Crippen LogP contribution in [0.25, 0.3) is 5.69 Å². The molecule has 2 fully saturated rings. The summed E-state index contributed by atoms with van der Waals surface area (Å²) in [5.74, 6) is 1.12. The number of carbonyl (C=O) groups is 1. The number of rotatable bonds is 3. The van der Waals surface area contributed by atoms with Crippen molar-refractivity contribution in [2.75, 3.05) is 11.9 Å². The molecule has 2 heterocycles. The number of para-hydroxylation sites is 1. The minimum Gasteiger partial charge on any atom is -0.377 e. The zero-order valence-electron chi connectivity index (χ0n) is 18.2. The summed E-state index contributed by atoms with van der Waals surface area (Å²) < 4.78 is 7.68. The van der Waals surface area contributed by atoms with E-state index < -0.39 is 0 Å². The molecule has 2 amide bonds. The van der Waals surface area contributed by atoms with E-state index in [-0.39, 0.29) is 29.0 Å². The Labute approximate surface area is 173 Å². The predicted octanol–water partition coefficient (Wildman–Crippen LogP) is 4.41. The van der Waals surface area contributed by atoms with Crippen molar-refractivity contribution in [3.63, 3.8) is 0 Å². The molecule has 0 spiro atoms. The molecule has 6 nitrogen and oxygen atoms in total. The van der Waals surface area contributed by atoms with Gasteiger partial charge >= 0.3 is 6.03 Å². The van der Waals surface area contributed by atoms with Crippen LogP contribution in [0.15, 0.2) is 30.3 Å². The Balaban J connectivity index is 1.61. The molecule has 29 heavy (non-hydrogen) atoms. The highest BCUT2D eigenvalue weighted by molar-refractivity contribution is 5.90. The van der Waals surface area contributed by atoms with Gasteiger partial charge in [-0.3, -0.25) is 5.32 Å². The van der Waals surface area contributed by atoms with Crippen molar-refractivity contribution in [3.8, 4) is 5.69 Å². The van der Waals surface area contributed by atoms with Crippen LogP contribution in [0.4, 0.5) is 10.6 Å². The average molecular weight is 397 g/mol. The van der Waals surface area contributed by atoms with Crippen LogP contribution in [0.5, 0.6) is 0 Å². The minimum absolute atomic E-state index is 0.0518. The number of ether oxygens (including phenoxy) is 1. The third kappa shape index (κ3) is 3.33. The molecular formula is C23H32N4O2. The van der Waals surface area contributed by atoms with Crippen LogP contribution in [-0.4, -0.2) is 34.6 Å². The van der Waals surface area contributed by atoms with Crippen LogP contribution in [0, 0.1) is 18.3 Å². The van der Waals surface area contributed by atoms with E-state index in [0.717, 1.165) is 35.8 Å². The van der Waals surface area contributed by atoms with Gasteiger partial charge < -0.3 is 10.1 Å². The first kappa shape index (κ1) is 20.0. The van der Waals surface area contributed by atoms with Gasteiger partial charge in [0.25, 0.3) is 0 Å². The van der Waals surface area contributed by atoms with E-state index in [1.54, 1.807) is 0 Å². The topological polar surface area (TPSA) is 68.2 Å². The zero-order chi connectivity index (χ0) is 21.0. The van der Waals surface area contributed by atoms with E-state index in [1.807, 2.05) is 41.9 Å². The van der Waals surface area contributed by atoms with Crippen LogP contribution in [0.1, 0.15) is 52.3 Å². The number of anilines is 1. The SMILES string of the molecule is Cc1c(C(C)(C)C)nn(-c2ccccc2)c1NC(=O)N[C@@H]1[C@H]2CCO[C@H]2C1(C)C. The highest BCUT2D eigenvalue weighted by Crippen LogP contribution is 2.52. The lowest BCUT2D eigenvalue weighted by atomic mass is 9.57. The fourth-order valence-electron chi connectivity index (χ4n) is 5.01. The van der Waals surface area contributed by atoms with Crippen LogP contribution in [-0.2, 0) is 10.2 Å². The molecular weight excluding hydrogens is 364 g/mol. The number of hydrogen-bond acceptors (Lipinski definition) is 3. The number of aromatic nitrogens is 2. The number of nitrogens with one attached hydrogen (secondary N) is 2. The molecule has 156 valence electrons. The molecule has 0 unspecified atom stereocenters. The molecule has 2 N–H and O–H groups in total. The molecule has 1 aliphatic heterocycles. The number of nitrogens with zero attached hydrogens (tertiary/aromatic N) is 2. The van der Waals surface area contributed by atoms with Gasteiger partial charge in [-0.25, -0.2) is 9.48 Å². The van der Waals surface area contributed by atoms with Gasteiger partial charge in [0.2, 0.25) is 0 Å². The maximum absolute atomic E-state index is 13.0. The average Bonchev–Trinajstić information content (AvgIpc) is 3.24. The molecule has 2 aromatic rings. The van der Waals surface area contributed by atoms with Gasteiger partial charge in [0.05, 0.1) is 17.5 Å². The molecule has 0 radical (unpaired) electrons. The largest absolute Gasteiger partial charge is 0.377 e. The van der Waals surface area contributed by atoms with Crippen molar-refractivity contribution in [2.45, 2.75) is 65.5 Å². The van der Waals surface area contributed by atoms with Crippen molar-refractivity contribution in [3.05, 3.63) is 41.6 Å². The van der Waals surface area contributed by atoms with Crippen molar-refractivity contribution in [2.24, 2.45) is 11.3 Å². The Morgan fingerprint density at radius 1 is 1.24 bits per heavy atom. The van der Waals surface area contributed by atoms with E-state index in [1.165, 1.54) is 0 Å². The highest BCUT2D eigenvalue weighted by Gasteiger charge is 2.59. The van der Waals surface area contributed by atoms with E-state index >= 15 is 0 Å². The Hall–Kier alpha value is -2.34. The fourth-order valence-corrected chi connectivity index (χ4v) is 5.01. The Morgan fingerprint density at radius 3 is 2.59 bits per heavy atom. The van der Waals surface area contributed by atoms with Gasteiger partial charge in [0, 0.05) is 35.0 Å². The Morgan fingerprint density at radius 2 is 1.93 bits per heavy atom. The third-order valence-corrected chi connectivity index (χ3v) is 6.45. The normalized spacial score (nSPS) is 25.2. The number of benzene rings is 1. The number of amides is 2. The lowest BCUT2D eigenvalue weighted by Crippen LogP contribution is -2.67. The van der Waals surface area contributed by atoms with Gasteiger partial charge in [0.15, 0.2) is 0 Å². The molecule has 1 aromatic carbocycles. The van der Waals surface area contributed by atoms with Gasteiger partial charge in [-0.05, 0) is 25.5 Å². The van der Waals surface area contributed by atoms with E-state index in [4.69, 9.17) is 9.84 Å². The van der Waals surface area contributed by atoms with Gasteiger partial charge in [-0.2, -0.15) is 5.10 Å². The van der Waals surface area contributed by atoms with Gasteiger partial charge in [0.1, 0.15) is 5.82 Å². The van der Waals surface area contributed by atoms with Crippen LogP contribution in [0.3, 0.4) is 0 Å². The lowest BCUT2D eigenvalue weighted by molar-refractivity contribution is -0.107.